The van der Waals surface area contributed by atoms with Crippen LogP contribution in [0.25, 0.3) is 0 Å². The van der Waals surface area contributed by atoms with Gasteiger partial charge < -0.3 is 14.2 Å². The van der Waals surface area contributed by atoms with Crippen molar-refractivity contribution in [3.05, 3.63) is 35.5 Å². The molecule has 96 valence electrons. The van der Waals surface area contributed by atoms with E-state index in [2.05, 4.69) is 38.6 Å². The third-order valence-electron chi connectivity index (χ3n) is 3.02. The second-order valence-corrected chi connectivity index (χ2v) is 4.99. The molecule has 1 saturated heterocycles. The van der Waals surface area contributed by atoms with Crippen molar-refractivity contribution in [2.75, 3.05) is 14.2 Å². The first-order valence-corrected chi connectivity index (χ1v) is 5.84. The lowest BCUT2D eigenvalue weighted by Gasteiger charge is -2.23. The summed E-state index contributed by atoms with van der Waals surface area (Å²) in [6, 6.07) is 0. The summed E-state index contributed by atoms with van der Waals surface area (Å²) in [6.07, 6.45) is -0.724. The fraction of sp³-hybridized carbons (Fsp3) is 0.333. The lowest BCUT2D eigenvalue weighted by atomic mass is 9.85. The van der Waals surface area contributed by atoms with Crippen molar-refractivity contribution < 1.29 is 23.8 Å². The number of fused-ring (bicyclic) bond motifs is 2. The van der Waals surface area contributed by atoms with Crippen molar-refractivity contribution in [3.8, 4) is 0 Å². The molecule has 2 atom stereocenters. The molecule has 0 radical (unpaired) electrons. The van der Waals surface area contributed by atoms with Crippen molar-refractivity contribution in [2.45, 2.75) is 10.6 Å². The topological polar surface area (TPSA) is 61.8 Å². The molecule has 1 fully saturated rings. The molecule has 2 bridgehead atoms. The zero-order valence-electron chi connectivity index (χ0n) is 9.91. The minimum Gasteiger partial charge on any atom is -0.466 e. The van der Waals surface area contributed by atoms with Crippen LogP contribution in [0, 0.1) is 0 Å². The third kappa shape index (κ3) is 1.42. The summed E-state index contributed by atoms with van der Waals surface area (Å²) in [5.74, 6) is -1.31. The van der Waals surface area contributed by atoms with Crippen molar-refractivity contribution in [1.82, 2.24) is 0 Å². The van der Waals surface area contributed by atoms with Crippen molar-refractivity contribution >= 4 is 27.9 Å². The predicted molar refractivity (Wildman–Crippen MR) is 65.9 cm³/mol. The SMILES string of the molecule is C=C1C(=C)C2(Br)OC1C(C(=O)OC)=C2C(=O)OC. The van der Waals surface area contributed by atoms with E-state index in [-0.39, 0.29) is 11.1 Å². The average molecular weight is 315 g/mol. The fourth-order valence-corrected chi connectivity index (χ4v) is 2.90. The molecule has 2 heterocycles. The van der Waals surface area contributed by atoms with E-state index < -0.39 is 22.6 Å². The smallest absolute Gasteiger partial charge is 0.338 e. The minimum absolute atomic E-state index is 0.0688. The largest absolute Gasteiger partial charge is 0.466 e. The van der Waals surface area contributed by atoms with E-state index in [4.69, 9.17) is 4.74 Å². The molecular formula is C12H11BrO5. The molecule has 6 heteroatoms. The number of rotatable bonds is 2. The first kappa shape index (κ1) is 13.0. The average Bonchev–Trinajstić information content (AvgIpc) is 2.79. The van der Waals surface area contributed by atoms with Gasteiger partial charge in [-0.3, -0.25) is 0 Å². The molecule has 0 spiro atoms. The van der Waals surface area contributed by atoms with Crippen LogP contribution >= 0.6 is 15.9 Å². The maximum Gasteiger partial charge on any atom is 0.338 e. The Morgan fingerprint density at radius 2 is 1.83 bits per heavy atom. The Hall–Kier alpha value is -1.40. The normalized spacial score (nSPS) is 29.8. The summed E-state index contributed by atoms with van der Waals surface area (Å²) < 4.78 is 13.7. The number of ether oxygens (including phenoxy) is 3. The molecule has 18 heavy (non-hydrogen) atoms. The van der Waals surface area contributed by atoms with Crippen LogP contribution in [0.4, 0.5) is 0 Å². The Balaban J connectivity index is 2.66. The maximum atomic E-state index is 11.8. The van der Waals surface area contributed by atoms with Crippen LogP contribution in [0.15, 0.2) is 35.5 Å². The van der Waals surface area contributed by atoms with Gasteiger partial charge in [0.25, 0.3) is 0 Å². The van der Waals surface area contributed by atoms with Crippen LogP contribution in [-0.2, 0) is 23.8 Å². The summed E-state index contributed by atoms with van der Waals surface area (Å²) in [7, 11) is 2.46. The maximum absolute atomic E-state index is 11.8. The molecule has 0 aromatic rings. The van der Waals surface area contributed by atoms with E-state index in [9.17, 15) is 9.59 Å². The summed E-state index contributed by atoms with van der Waals surface area (Å²) in [4.78, 5) is 23.6. The molecule has 2 aliphatic heterocycles. The van der Waals surface area contributed by atoms with Gasteiger partial charge in [-0.05, 0) is 27.1 Å². The van der Waals surface area contributed by atoms with Crippen LogP contribution < -0.4 is 0 Å². The Kier molecular flexibility index (Phi) is 2.95. The van der Waals surface area contributed by atoms with Crippen LogP contribution in [0.2, 0.25) is 0 Å². The molecule has 0 aliphatic carbocycles. The zero-order chi connectivity index (χ0) is 13.7. The minimum atomic E-state index is -1.24. The number of methoxy groups -OCH3 is 2. The van der Waals surface area contributed by atoms with Gasteiger partial charge in [0.15, 0.2) is 4.51 Å². The standard InChI is InChI=1S/C12H11BrO5/c1-5-6(2)12(13)8(11(15)17-4)7(9(5)18-12)10(14)16-3/h9H,1-2H2,3-4H3. The van der Waals surface area contributed by atoms with Crippen LogP contribution in [0.1, 0.15) is 0 Å². The van der Waals surface area contributed by atoms with Gasteiger partial charge in [0, 0.05) is 0 Å². The quantitative estimate of drug-likeness (QED) is 0.567. The number of esters is 2. The van der Waals surface area contributed by atoms with Gasteiger partial charge in [-0.2, -0.15) is 0 Å². The van der Waals surface area contributed by atoms with Gasteiger partial charge in [0.2, 0.25) is 0 Å². The second kappa shape index (κ2) is 4.07. The van der Waals surface area contributed by atoms with E-state index in [1.807, 2.05) is 0 Å². The van der Waals surface area contributed by atoms with Crippen LogP contribution in [0.3, 0.4) is 0 Å². The Morgan fingerprint density at radius 1 is 1.28 bits per heavy atom. The Morgan fingerprint density at radius 3 is 2.33 bits per heavy atom. The molecular weight excluding hydrogens is 304 g/mol. The van der Waals surface area contributed by atoms with Gasteiger partial charge in [0.1, 0.15) is 6.10 Å². The van der Waals surface area contributed by atoms with Crippen LogP contribution in [-0.4, -0.2) is 36.8 Å². The van der Waals surface area contributed by atoms with Gasteiger partial charge in [-0.1, -0.05) is 13.2 Å². The Bertz CT molecular complexity index is 519. The van der Waals surface area contributed by atoms with Crippen molar-refractivity contribution in [1.29, 1.82) is 0 Å². The lowest BCUT2D eigenvalue weighted by molar-refractivity contribution is -0.139. The second-order valence-electron chi connectivity index (χ2n) is 3.87. The highest BCUT2D eigenvalue weighted by Crippen LogP contribution is 2.56. The van der Waals surface area contributed by atoms with E-state index in [1.165, 1.54) is 14.2 Å². The highest BCUT2D eigenvalue weighted by atomic mass is 79.9. The highest BCUT2D eigenvalue weighted by Gasteiger charge is 2.60. The van der Waals surface area contributed by atoms with Gasteiger partial charge in [-0.15, -0.1) is 0 Å². The zero-order valence-corrected chi connectivity index (χ0v) is 11.5. The third-order valence-corrected chi connectivity index (χ3v) is 4.08. The monoisotopic (exact) mass is 314 g/mol. The molecule has 0 aromatic heterocycles. The molecule has 0 saturated carbocycles. The van der Waals surface area contributed by atoms with E-state index in [0.29, 0.717) is 11.1 Å². The summed E-state index contributed by atoms with van der Waals surface area (Å²) >= 11 is 3.29. The molecule has 2 aliphatic rings. The van der Waals surface area contributed by atoms with Crippen molar-refractivity contribution in [2.24, 2.45) is 0 Å². The van der Waals surface area contributed by atoms with Crippen molar-refractivity contribution in [3.63, 3.8) is 0 Å². The van der Waals surface area contributed by atoms with E-state index >= 15 is 0 Å². The number of halogens is 1. The lowest BCUT2D eigenvalue weighted by Crippen LogP contribution is -2.30. The number of carbonyl (C=O) groups is 2. The summed E-state index contributed by atoms with van der Waals surface area (Å²) in [5.41, 5.74) is 1.22. The van der Waals surface area contributed by atoms with Crippen LogP contribution in [0.5, 0.6) is 0 Å². The number of carbonyl (C=O) groups excluding carboxylic acids is 2. The first-order valence-electron chi connectivity index (χ1n) is 5.05. The summed E-state index contributed by atoms with van der Waals surface area (Å²) in [6.45, 7) is 7.61. The Labute approximate surface area is 112 Å². The van der Waals surface area contributed by atoms with E-state index in [1.54, 1.807) is 0 Å². The molecule has 0 N–H and O–H groups in total. The number of hydrogen-bond donors (Lipinski definition) is 0. The molecule has 2 unspecified atom stereocenters. The van der Waals surface area contributed by atoms with E-state index in [0.717, 1.165) is 0 Å². The predicted octanol–water partition coefficient (Wildman–Crippen LogP) is 1.24. The highest BCUT2D eigenvalue weighted by molar-refractivity contribution is 9.10. The molecule has 2 rings (SSSR count). The summed E-state index contributed by atoms with van der Waals surface area (Å²) in [5, 5.41) is 0. The molecule has 5 nitrogen and oxygen atoms in total. The number of alkyl halides is 1. The first-order chi connectivity index (χ1) is 8.38. The molecule has 0 amide bonds. The van der Waals surface area contributed by atoms with Gasteiger partial charge in [0.05, 0.1) is 25.4 Å². The number of hydrogen-bond acceptors (Lipinski definition) is 5. The van der Waals surface area contributed by atoms with Gasteiger partial charge >= 0.3 is 11.9 Å². The molecule has 0 aromatic carbocycles. The van der Waals surface area contributed by atoms with Gasteiger partial charge in [-0.25, -0.2) is 9.59 Å². The fourth-order valence-electron chi connectivity index (χ4n) is 2.08.